The van der Waals surface area contributed by atoms with Crippen molar-refractivity contribution in [1.82, 2.24) is 5.32 Å². The molecule has 1 aliphatic carbocycles. The van der Waals surface area contributed by atoms with Crippen LogP contribution in [0.3, 0.4) is 0 Å². The number of rotatable bonds is 3. The smallest absolute Gasteiger partial charge is 0.0582 e. The Morgan fingerprint density at radius 1 is 1.42 bits per heavy atom. The molecule has 0 aromatic heterocycles. The highest BCUT2D eigenvalue weighted by atomic mass is 16.3. The molecule has 0 aliphatic heterocycles. The lowest BCUT2D eigenvalue weighted by molar-refractivity contribution is 0.224. The van der Waals surface area contributed by atoms with Crippen LogP contribution in [0.1, 0.15) is 32.6 Å². The molecule has 0 aromatic rings. The molecule has 3 nitrogen and oxygen atoms in total. The van der Waals surface area contributed by atoms with Gasteiger partial charge in [0.25, 0.3) is 0 Å². The Labute approximate surface area is 74.3 Å². The maximum Gasteiger partial charge on any atom is 0.0582 e. The topological polar surface area (TPSA) is 58.3 Å². The van der Waals surface area contributed by atoms with Crippen molar-refractivity contribution in [1.29, 1.82) is 0 Å². The first-order valence-electron chi connectivity index (χ1n) is 4.85. The molecule has 0 amide bonds. The van der Waals surface area contributed by atoms with Gasteiger partial charge in [0.05, 0.1) is 6.61 Å². The molecule has 0 heterocycles. The fraction of sp³-hybridized carbons (Fsp3) is 1.00. The standard InChI is InChI=1S/C9H20N2O/c1-7(6-12)11-9-4-2-8(10)3-5-9/h7-9,11-12H,2-6,10H2,1H3/t7?,8-,9+. The number of aliphatic hydroxyl groups is 1. The maximum atomic E-state index is 8.83. The van der Waals surface area contributed by atoms with Gasteiger partial charge in [0, 0.05) is 18.1 Å². The number of nitrogens with two attached hydrogens (primary N) is 1. The average Bonchev–Trinajstić information content (AvgIpc) is 2.09. The van der Waals surface area contributed by atoms with E-state index in [0.29, 0.717) is 12.1 Å². The second-order valence-electron chi connectivity index (χ2n) is 3.86. The second-order valence-corrected chi connectivity index (χ2v) is 3.86. The van der Waals surface area contributed by atoms with E-state index in [0.717, 1.165) is 25.7 Å². The minimum absolute atomic E-state index is 0.225. The lowest BCUT2D eigenvalue weighted by atomic mass is 9.91. The maximum absolute atomic E-state index is 8.83. The predicted octanol–water partition coefficient (Wildman–Crippen LogP) is 0.227. The summed E-state index contributed by atoms with van der Waals surface area (Å²) in [4.78, 5) is 0. The van der Waals surface area contributed by atoms with Crippen LogP contribution in [-0.4, -0.2) is 29.8 Å². The van der Waals surface area contributed by atoms with Gasteiger partial charge >= 0.3 is 0 Å². The minimum Gasteiger partial charge on any atom is -0.395 e. The van der Waals surface area contributed by atoms with Crippen molar-refractivity contribution in [2.45, 2.75) is 50.7 Å². The molecule has 1 saturated carbocycles. The Morgan fingerprint density at radius 3 is 2.50 bits per heavy atom. The summed E-state index contributed by atoms with van der Waals surface area (Å²) in [7, 11) is 0. The third-order valence-electron chi connectivity index (χ3n) is 2.57. The molecular formula is C9H20N2O. The van der Waals surface area contributed by atoms with Crippen LogP contribution in [0.15, 0.2) is 0 Å². The molecule has 0 bridgehead atoms. The number of nitrogens with one attached hydrogen (secondary N) is 1. The third-order valence-corrected chi connectivity index (χ3v) is 2.57. The lowest BCUT2D eigenvalue weighted by Crippen LogP contribution is -2.42. The third kappa shape index (κ3) is 3.09. The van der Waals surface area contributed by atoms with Crippen LogP contribution in [-0.2, 0) is 0 Å². The van der Waals surface area contributed by atoms with Crippen LogP contribution in [0, 0.1) is 0 Å². The van der Waals surface area contributed by atoms with Gasteiger partial charge in [-0.3, -0.25) is 0 Å². The highest BCUT2D eigenvalue weighted by molar-refractivity contribution is 4.80. The zero-order valence-electron chi connectivity index (χ0n) is 7.79. The van der Waals surface area contributed by atoms with Crippen LogP contribution in [0.4, 0.5) is 0 Å². The Bertz CT molecular complexity index is 122. The average molecular weight is 172 g/mol. The Morgan fingerprint density at radius 2 is 2.00 bits per heavy atom. The monoisotopic (exact) mass is 172 g/mol. The van der Waals surface area contributed by atoms with Crippen LogP contribution in [0.2, 0.25) is 0 Å². The van der Waals surface area contributed by atoms with Crippen molar-refractivity contribution in [3.63, 3.8) is 0 Å². The molecule has 3 heteroatoms. The molecule has 12 heavy (non-hydrogen) atoms. The van der Waals surface area contributed by atoms with E-state index >= 15 is 0 Å². The Balaban J connectivity index is 2.17. The number of aliphatic hydroxyl groups excluding tert-OH is 1. The Kier molecular flexibility index (Phi) is 3.98. The van der Waals surface area contributed by atoms with E-state index in [1.807, 2.05) is 6.92 Å². The summed E-state index contributed by atoms with van der Waals surface area (Å²) in [6.07, 6.45) is 4.56. The molecule has 0 spiro atoms. The predicted molar refractivity (Wildman–Crippen MR) is 49.9 cm³/mol. The van der Waals surface area contributed by atoms with Crippen LogP contribution in [0.5, 0.6) is 0 Å². The van der Waals surface area contributed by atoms with E-state index in [-0.39, 0.29) is 12.6 Å². The van der Waals surface area contributed by atoms with Gasteiger partial charge in [0.1, 0.15) is 0 Å². The largest absolute Gasteiger partial charge is 0.395 e. The van der Waals surface area contributed by atoms with Crippen LogP contribution < -0.4 is 11.1 Å². The quantitative estimate of drug-likeness (QED) is 0.571. The SMILES string of the molecule is CC(CO)N[C@H]1CC[C@@H](N)CC1. The van der Waals surface area contributed by atoms with Crippen LogP contribution >= 0.6 is 0 Å². The van der Waals surface area contributed by atoms with Crippen molar-refractivity contribution in [3.05, 3.63) is 0 Å². The summed E-state index contributed by atoms with van der Waals surface area (Å²) in [6.45, 7) is 2.23. The van der Waals surface area contributed by atoms with Gasteiger partial charge in [0.15, 0.2) is 0 Å². The van der Waals surface area contributed by atoms with E-state index in [4.69, 9.17) is 10.8 Å². The number of hydrogen-bond acceptors (Lipinski definition) is 3. The molecular weight excluding hydrogens is 152 g/mol. The van der Waals surface area contributed by atoms with Gasteiger partial charge in [-0.25, -0.2) is 0 Å². The van der Waals surface area contributed by atoms with Crippen molar-refractivity contribution in [2.75, 3.05) is 6.61 Å². The lowest BCUT2D eigenvalue weighted by Gasteiger charge is -2.28. The highest BCUT2D eigenvalue weighted by Crippen LogP contribution is 2.17. The van der Waals surface area contributed by atoms with Crippen molar-refractivity contribution in [3.8, 4) is 0 Å². The zero-order valence-corrected chi connectivity index (χ0v) is 7.79. The van der Waals surface area contributed by atoms with Gasteiger partial charge in [-0.1, -0.05) is 0 Å². The van der Waals surface area contributed by atoms with E-state index in [1.165, 1.54) is 0 Å². The molecule has 1 aliphatic rings. The molecule has 1 rings (SSSR count). The highest BCUT2D eigenvalue weighted by Gasteiger charge is 2.18. The molecule has 1 fully saturated rings. The molecule has 0 aromatic carbocycles. The molecule has 1 unspecified atom stereocenters. The molecule has 72 valence electrons. The van der Waals surface area contributed by atoms with Crippen molar-refractivity contribution < 1.29 is 5.11 Å². The summed E-state index contributed by atoms with van der Waals surface area (Å²) in [5, 5.41) is 12.2. The summed E-state index contributed by atoms with van der Waals surface area (Å²) in [5.41, 5.74) is 5.78. The first-order chi connectivity index (χ1) is 5.72. The molecule has 0 radical (unpaired) electrons. The molecule has 0 saturated heterocycles. The fourth-order valence-corrected chi connectivity index (χ4v) is 1.74. The van der Waals surface area contributed by atoms with Gasteiger partial charge < -0.3 is 16.2 Å². The first-order valence-corrected chi connectivity index (χ1v) is 4.85. The molecule has 1 atom stereocenters. The molecule has 4 N–H and O–H groups in total. The fourth-order valence-electron chi connectivity index (χ4n) is 1.74. The minimum atomic E-state index is 0.225. The Hall–Kier alpha value is -0.120. The number of hydrogen-bond donors (Lipinski definition) is 3. The van der Waals surface area contributed by atoms with Gasteiger partial charge in [0.2, 0.25) is 0 Å². The summed E-state index contributed by atoms with van der Waals surface area (Å²) in [5.74, 6) is 0. The van der Waals surface area contributed by atoms with E-state index in [1.54, 1.807) is 0 Å². The van der Waals surface area contributed by atoms with E-state index in [9.17, 15) is 0 Å². The zero-order chi connectivity index (χ0) is 8.97. The van der Waals surface area contributed by atoms with Crippen molar-refractivity contribution in [2.24, 2.45) is 5.73 Å². The van der Waals surface area contributed by atoms with Crippen molar-refractivity contribution >= 4 is 0 Å². The van der Waals surface area contributed by atoms with Gasteiger partial charge in [-0.05, 0) is 32.6 Å². The normalized spacial score (nSPS) is 33.2. The van der Waals surface area contributed by atoms with Gasteiger partial charge in [-0.15, -0.1) is 0 Å². The first kappa shape index (κ1) is 9.96. The van der Waals surface area contributed by atoms with E-state index in [2.05, 4.69) is 5.32 Å². The van der Waals surface area contributed by atoms with Gasteiger partial charge in [-0.2, -0.15) is 0 Å². The second kappa shape index (κ2) is 4.80. The van der Waals surface area contributed by atoms with Crippen LogP contribution in [0.25, 0.3) is 0 Å². The summed E-state index contributed by atoms with van der Waals surface area (Å²) >= 11 is 0. The summed E-state index contributed by atoms with van der Waals surface area (Å²) in [6, 6.07) is 1.21. The van der Waals surface area contributed by atoms with E-state index < -0.39 is 0 Å². The summed E-state index contributed by atoms with van der Waals surface area (Å²) < 4.78 is 0.